The van der Waals surface area contributed by atoms with E-state index < -0.39 is 86.8 Å². The van der Waals surface area contributed by atoms with E-state index in [2.05, 4.69) is 129 Å². The lowest BCUT2D eigenvalue weighted by atomic mass is 9.97. The van der Waals surface area contributed by atoms with E-state index in [9.17, 15) is 45.6 Å². The van der Waals surface area contributed by atoms with Gasteiger partial charge < -0.3 is 65.1 Å². The van der Waals surface area contributed by atoms with Gasteiger partial charge in [-0.05, 0) is 83.5 Å². The molecule has 1 amide bonds. The summed E-state index contributed by atoms with van der Waals surface area (Å²) in [5.74, 6) is -0.239. The summed E-state index contributed by atoms with van der Waals surface area (Å²) < 4.78 is 22.9. The Morgan fingerprint density at radius 1 is 0.389 bits per heavy atom. The van der Waals surface area contributed by atoms with Gasteiger partial charge in [0.05, 0.1) is 32.0 Å². The van der Waals surface area contributed by atoms with E-state index in [4.69, 9.17) is 18.9 Å². The van der Waals surface area contributed by atoms with Gasteiger partial charge in [0, 0.05) is 6.42 Å². The number of hydrogen-bond acceptors (Lipinski definition) is 13. The molecule has 9 N–H and O–H groups in total. The predicted octanol–water partition coefficient (Wildman–Crippen LogP) is 17.1. The van der Waals surface area contributed by atoms with Crippen molar-refractivity contribution in [2.45, 2.75) is 376 Å². The first-order chi connectivity index (χ1) is 46.6. The fraction of sp³-hybridized carbons (Fsp3) is 0.765. The second-order valence-corrected chi connectivity index (χ2v) is 26.8. The van der Waals surface area contributed by atoms with Gasteiger partial charge >= 0.3 is 0 Å². The molecular formula is C81H141NO13. The molecule has 0 aromatic carbocycles. The van der Waals surface area contributed by atoms with Crippen molar-refractivity contribution in [3.05, 3.63) is 109 Å². The van der Waals surface area contributed by atoms with Crippen molar-refractivity contribution in [1.29, 1.82) is 0 Å². The molecule has 0 aromatic rings. The lowest BCUT2D eigenvalue weighted by molar-refractivity contribution is -0.359. The molecular weight excluding hydrogens is 1190 g/mol. The van der Waals surface area contributed by atoms with Crippen LogP contribution >= 0.6 is 0 Å². The second kappa shape index (κ2) is 64.1. The predicted molar refractivity (Wildman–Crippen MR) is 392 cm³/mol. The Morgan fingerprint density at radius 3 is 1.11 bits per heavy atom. The van der Waals surface area contributed by atoms with Crippen LogP contribution in [-0.4, -0.2) is 140 Å². The first-order valence-electron chi connectivity index (χ1n) is 38.6. The van der Waals surface area contributed by atoms with Crippen LogP contribution in [0.1, 0.15) is 303 Å². The Labute approximate surface area is 578 Å². The van der Waals surface area contributed by atoms with E-state index in [-0.39, 0.29) is 18.9 Å². The summed E-state index contributed by atoms with van der Waals surface area (Å²) in [7, 11) is 0. The molecule has 2 saturated heterocycles. The fourth-order valence-electron chi connectivity index (χ4n) is 12.2. The quantitative estimate of drug-likeness (QED) is 0.0204. The molecule has 2 aliphatic rings. The molecule has 0 bridgehead atoms. The van der Waals surface area contributed by atoms with Gasteiger partial charge in [-0.2, -0.15) is 0 Å². The molecule has 2 fully saturated rings. The van der Waals surface area contributed by atoms with Crippen LogP contribution in [-0.2, 0) is 23.7 Å². The fourth-order valence-corrected chi connectivity index (χ4v) is 12.2. The number of nitrogens with one attached hydrogen (secondary N) is 1. The van der Waals surface area contributed by atoms with Crippen LogP contribution in [0, 0.1) is 0 Å². The number of carbonyl (C=O) groups is 1. The largest absolute Gasteiger partial charge is 0.394 e. The minimum Gasteiger partial charge on any atom is -0.394 e. The summed E-state index contributed by atoms with van der Waals surface area (Å²) in [6.45, 7) is 2.76. The number of ether oxygens (including phenoxy) is 4. The zero-order chi connectivity index (χ0) is 68.7. The number of unbranched alkanes of at least 4 members (excludes halogenated alkanes) is 32. The zero-order valence-corrected chi connectivity index (χ0v) is 59.9. The van der Waals surface area contributed by atoms with Crippen molar-refractivity contribution >= 4 is 5.91 Å². The first kappa shape index (κ1) is 87.7. The molecule has 2 rings (SSSR count). The summed E-state index contributed by atoms with van der Waals surface area (Å²) in [6, 6.07) is -0.858. The van der Waals surface area contributed by atoms with Crippen LogP contribution in [0.25, 0.3) is 0 Å². The molecule has 14 nitrogen and oxygen atoms in total. The van der Waals surface area contributed by atoms with E-state index in [0.717, 1.165) is 103 Å². The Morgan fingerprint density at radius 2 is 0.726 bits per heavy atom. The number of aliphatic hydroxyl groups excluding tert-OH is 8. The molecule has 0 aliphatic carbocycles. The molecule has 0 spiro atoms. The Bertz CT molecular complexity index is 2010. The molecule has 548 valence electrons. The third-order valence-electron chi connectivity index (χ3n) is 18.3. The minimum absolute atomic E-state index is 0.239. The highest BCUT2D eigenvalue weighted by atomic mass is 16.7. The molecule has 12 unspecified atom stereocenters. The molecule has 95 heavy (non-hydrogen) atoms. The Hall–Kier alpha value is -3.35. The van der Waals surface area contributed by atoms with Gasteiger partial charge in [0.25, 0.3) is 0 Å². The van der Waals surface area contributed by atoms with Crippen LogP contribution in [0.15, 0.2) is 109 Å². The topological polar surface area (TPSA) is 228 Å². The molecule has 2 heterocycles. The highest BCUT2D eigenvalue weighted by molar-refractivity contribution is 5.76. The van der Waals surface area contributed by atoms with Crippen LogP contribution in [0.5, 0.6) is 0 Å². The van der Waals surface area contributed by atoms with Crippen LogP contribution < -0.4 is 5.32 Å². The average Bonchev–Trinajstić information content (AvgIpc) is 0.801. The first-order valence-corrected chi connectivity index (χ1v) is 38.6. The molecule has 0 saturated carbocycles. The molecule has 12 atom stereocenters. The number of aliphatic hydroxyl groups is 8. The van der Waals surface area contributed by atoms with Crippen molar-refractivity contribution in [2.75, 3.05) is 19.8 Å². The molecule has 14 heteroatoms. The molecule has 0 radical (unpaired) electrons. The third kappa shape index (κ3) is 47.4. The highest BCUT2D eigenvalue weighted by Gasteiger charge is 2.51. The molecule has 2 aliphatic heterocycles. The van der Waals surface area contributed by atoms with Gasteiger partial charge in [-0.3, -0.25) is 4.79 Å². The SMILES string of the molecule is CC/C=C\C/C=C\C/C=C\C/C=C\C/C=C\C/C=C\C/C=C\C/C=C\C/C=C\CCCCCC(=O)NC(COC1OC(CO)C(OC2OC(CO)C(O)C(O)C2O)C(O)C1O)C(O)CCCCCCCCCCCCCCCCCCCCCCCCCCCCCCCC. The summed E-state index contributed by atoms with van der Waals surface area (Å²) in [5, 5.41) is 87.8. The van der Waals surface area contributed by atoms with Gasteiger partial charge in [0.2, 0.25) is 5.91 Å². The standard InChI is InChI=1S/C81H141NO13/c1-3-5-7-9-11-13-15-17-19-21-23-25-27-29-31-33-35-37-39-41-43-45-47-49-51-53-55-57-59-61-63-65-73(86)82-69(68-92-80-78(91)76(89)79(72(67-84)94-80)95-81-77(90)75(88)74(87)71(66-83)93-81)70(85)64-62-60-58-56-54-52-50-48-46-44-42-40-38-36-34-32-30-28-26-24-22-20-18-16-14-12-10-8-6-4-2/h5,7,11,13,17,19,23,25,29,31,35,37,41,43,47,49,53,55,69-72,74-81,83-85,87-91H,3-4,6,8-10,12,14-16,18,20-22,24,26-28,30,32-34,36,38-40,42,44-46,48,50-52,54,56-68H2,1-2H3,(H,82,86)/b7-5-,13-11-,19-17-,25-23-,31-29-,37-35-,43-41-,49-47-,55-53-. The van der Waals surface area contributed by atoms with Crippen LogP contribution in [0.3, 0.4) is 0 Å². The number of carbonyl (C=O) groups excluding carboxylic acids is 1. The number of amides is 1. The van der Waals surface area contributed by atoms with E-state index >= 15 is 0 Å². The Balaban J connectivity index is 1.67. The maximum Gasteiger partial charge on any atom is 0.220 e. The summed E-state index contributed by atoms with van der Waals surface area (Å²) in [5.41, 5.74) is 0. The summed E-state index contributed by atoms with van der Waals surface area (Å²) in [6.07, 6.45) is 75.4. The number of allylic oxidation sites excluding steroid dienone is 18. The van der Waals surface area contributed by atoms with Crippen molar-refractivity contribution in [3.63, 3.8) is 0 Å². The maximum atomic E-state index is 13.4. The van der Waals surface area contributed by atoms with Crippen molar-refractivity contribution in [1.82, 2.24) is 5.32 Å². The summed E-state index contributed by atoms with van der Waals surface area (Å²) in [4.78, 5) is 13.4. The van der Waals surface area contributed by atoms with Crippen LogP contribution in [0.4, 0.5) is 0 Å². The zero-order valence-electron chi connectivity index (χ0n) is 59.9. The van der Waals surface area contributed by atoms with Gasteiger partial charge in [-0.25, -0.2) is 0 Å². The van der Waals surface area contributed by atoms with Crippen molar-refractivity contribution < 1.29 is 64.6 Å². The van der Waals surface area contributed by atoms with Gasteiger partial charge in [0.1, 0.15) is 48.8 Å². The van der Waals surface area contributed by atoms with Crippen LogP contribution in [0.2, 0.25) is 0 Å². The lowest BCUT2D eigenvalue weighted by Gasteiger charge is -2.46. The lowest BCUT2D eigenvalue weighted by Crippen LogP contribution is -2.65. The average molecular weight is 1340 g/mol. The van der Waals surface area contributed by atoms with Gasteiger partial charge in [-0.1, -0.05) is 322 Å². The number of rotatable bonds is 63. The van der Waals surface area contributed by atoms with Gasteiger partial charge in [0.15, 0.2) is 12.6 Å². The normalized spacial score (nSPS) is 23.0. The second-order valence-electron chi connectivity index (χ2n) is 26.8. The van der Waals surface area contributed by atoms with Gasteiger partial charge in [-0.15, -0.1) is 0 Å². The summed E-state index contributed by atoms with van der Waals surface area (Å²) >= 11 is 0. The van der Waals surface area contributed by atoms with Crippen molar-refractivity contribution in [2.24, 2.45) is 0 Å². The van der Waals surface area contributed by atoms with E-state index in [1.807, 2.05) is 0 Å². The third-order valence-corrected chi connectivity index (χ3v) is 18.3. The molecule has 0 aromatic heterocycles. The maximum absolute atomic E-state index is 13.4. The highest BCUT2D eigenvalue weighted by Crippen LogP contribution is 2.30. The van der Waals surface area contributed by atoms with E-state index in [1.54, 1.807) is 0 Å². The number of hydrogen-bond donors (Lipinski definition) is 9. The monoisotopic (exact) mass is 1340 g/mol. The van der Waals surface area contributed by atoms with E-state index in [1.165, 1.54) is 167 Å². The van der Waals surface area contributed by atoms with Crippen molar-refractivity contribution in [3.8, 4) is 0 Å². The Kier molecular flexibility index (Phi) is 59.2. The smallest absolute Gasteiger partial charge is 0.220 e. The van der Waals surface area contributed by atoms with E-state index in [0.29, 0.717) is 12.8 Å². The minimum atomic E-state index is -1.79.